The van der Waals surface area contributed by atoms with Crippen LogP contribution in [0.5, 0.6) is 16.7 Å². The van der Waals surface area contributed by atoms with Gasteiger partial charge < -0.3 is 14.5 Å². The van der Waals surface area contributed by atoms with Gasteiger partial charge in [-0.05, 0) is 37.3 Å². The number of ether oxygens (including phenoxy) is 2. The largest absolute Gasteiger partial charge is 0.431 e. The van der Waals surface area contributed by atoms with E-state index in [2.05, 4.69) is 9.97 Å². The van der Waals surface area contributed by atoms with E-state index in [1.807, 2.05) is 5.38 Å². The van der Waals surface area contributed by atoms with Gasteiger partial charge in [0.25, 0.3) is 5.19 Å². The summed E-state index contributed by atoms with van der Waals surface area (Å²) in [5.74, 6) is 0.360. The molecule has 0 saturated carbocycles. The fourth-order valence-electron chi connectivity index (χ4n) is 1.90. The Bertz CT molecular complexity index is 870. The van der Waals surface area contributed by atoms with E-state index in [1.54, 1.807) is 43.5 Å². The predicted octanol–water partition coefficient (Wildman–Crippen LogP) is 3.15. The van der Waals surface area contributed by atoms with Crippen molar-refractivity contribution in [3.8, 4) is 16.7 Å². The van der Waals surface area contributed by atoms with Crippen molar-refractivity contribution in [3.63, 3.8) is 0 Å². The third-order valence-corrected chi connectivity index (χ3v) is 3.51. The molecule has 0 amide bonds. The van der Waals surface area contributed by atoms with Gasteiger partial charge in [-0.1, -0.05) is 11.3 Å². The summed E-state index contributed by atoms with van der Waals surface area (Å²) in [5, 5.41) is 2.35. The van der Waals surface area contributed by atoms with Crippen LogP contribution in [-0.4, -0.2) is 15.9 Å². The lowest BCUT2D eigenvalue weighted by Gasteiger charge is -2.06. The molecule has 0 aliphatic carbocycles. The van der Waals surface area contributed by atoms with Crippen LogP contribution >= 0.6 is 11.3 Å². The standard InChI is InChI=1S/C16H12N2O4S/c1-10-8-11(9-14(19)18-10)15(20)21-12-2-4-13(5-3-12)22-16-17-6-7-23-16/h2-9H,1H3,(H,18,19). The van der Waals surface area contributed by atoms with Crippen LogP contribution in [0.25, 0.3) is 0 Å². The molecule has 1 N–H and O–H groups in total. The average Bonchev–Trinajstić information content (AvgIpc) is 3.01. The molecule has 0 bridgehead atoms. The van der Waals surface area contributed by atoms with Gasteiger partial charge in [0, 0.05) is 23.3 Å². The van der Waals surface area contributed by atoms with Crippen LogP contribution in [0.3, 0.4) is 0 Å². The third-order valence-electron chi connectivity index (χ3n) is 2.86. The lowest BCUT2D eigenvalue weighted by molar-refractivity contribution is 0.0734. The van der Waals surface area contributed by atoms with Gasteiger partial charge in [0.1, 0.15) is 11.5 Å². The van der Waals surface area contributed by atoms with Crippen LogP contribution in [0.1, 0.15) is 16.1 Å². The number of aryl methyl sites for hydroxylation is 1. The van der Waals surface area contributed by atoms with Gasteiger partial charge in [0.2, 0.25) is 5.56 Å². The van der Waals surface area contributed by atoms with Crippen LogP contribution in [0.2, 0.25) is 0 Å². The first-order valence-corrected chi connectivity index (χ1v) is 7.59. The number of nitrogens with zero attached hydrogens (tertiary/aromatic N) is 1. The second kappa shape index (κ2) is 6.45. The smallest absolute Gasteiger partial charge is 0.343 e. The van der Waals surface area contributed by atoms with Gasteiger partial charge >= 0.3 is 5.97 Å². The number of hydrogen-bond donors (Lipinski definition) is 1. The Morgan fingerprint density at radius 2 is 1.91 bits per heavy atom. The maximum Gasteiger partial charge on any atom is 0.343 e. The van der Waals surface area contributed by atoms with Crippen molar-refractivity contribution >= 4 is 17.3 Å². The van der Waals surface area contributed by atoms with Crippen molar-refractivity contribution in [2.75, 3.05) is 0 Å². The predicted molar refractivity (Wildman–Crippen MR) is 85.4 cm³/mol. The monoisotopic (exact) mass is 328 g/mol. The highest BCUT2D eigenvalue weighted by molar-refractivity contribution is 7.11. The minimum atomic E-state index is -0.590. The maximum atomic E-state index is 12.0. The van der Waals surface area contributed by atoms with Crippen molar-refractivity contribution in [1.82, 2.24) is 9.97 Å². The van der Waals surface area contributed by atoms with Crippen molar-refractivity contribution < 1.29 is 14.3 Å². The summed E-state index contributed by atoms with van der Waals surface area (Å²) in [7, 11) is 0. The molecule has 7 heteroatoms. The molecule has 1 aromatic carbocycles. The molecule has 116 valence electrons. The number of benzene rings is 1. The number of aromatic nitrogens is 2. The minimum Gasteiger partial charge on any atom is -0.431 e. The number of aromatic amines is 1. The highest BCUT2D eigenvalue weighted by Crippen LogP contribution is 2.25. The summed E-state index contributed by atoms with van der Waals surface area (Å²) < 4.78 is 10.8. The van der Waals surface area contributed by atoms with E-state index in [-0.39, 0.29) is 11.1 Å². The highest BCUT2D eigenvalue weighted by Gasteiger charge is 2.10. The Morgan fingerprint density at radius 3 is 2.57 bits per heavy atom. The summed E-state index contributed by atoms with van der Waals surface area (Å²) >= 11 is 1.38. The van der Waals surface area contributed by atoms with Gasteiger partial charge in [0.05, 0.1) is 5.56 Å². The van der Waals surface area contributed by atoms with E-state index in [0.717, 1.165) is 0 Å². The second-order valence-electron chi connectivity index (χ2n) is 4.68. The molecule has 0 fully saturated rings. The number of carbonyl (C=O) groups excluding carboxylic acids is 1. The molecular formula is C16H12N2O4S. The molecule has 0 unspecified atom stereocenters. The molecule has 2 aromatic heterocycles. The van der Waals surface area contributed by atoms with E-state index in [1.165, 1.54) is 17.4 Å². The molecule has 6 nitrogen and oxygen atoms in total. The summed E-state index contributed by atoms with van der Waals surface area (Å²) in [6.45, 7) is 1.70. The average molecular weight is 328 g/mol. The van der Waals surface area contributed by atoms with Gasteiger partial charge in [-0.25, -0.2) is 9.78 Å². The Hall–Kier alpha value is -2.93. The van der Waals surface area contributed by atoms with E-state index in [0.29, 0.717) is 22.4 Å². The number of hydrogen-bond acceptors (Lipinski definition) is 6. The van der Waals surface area contributed by atoms with Crippen LogP contribution in [-0.2, 0) is 0 Å². The molecule has 0 radical (unpaired) electrons. The zero-order chi connectivity index (χ0) is 16.2. The molecule has 3 aromatic rings. The summed E-state index contributed by atoms with van der Waals surface area (Å²) in [6, 6.07) is 9.33. The molecule has 0 atom stereocenters. The Labute approximate surface area is 135 Å². The van der Waals surface area contributed by atoms with Crippen LogP contribution < -0.4 is 15.0 Å². The molecule has 3 rings (SSSR count). The van der Waals surface area contributed by atoms with Crippen LogP contribution in [0.15, 0.2) is 52.8 Å². The van der Waals surface area contributed by atoms with Crippen molar-refractivity contribution in [1.29, 1.82) is 0 Å². The first kappa shape index (κ1) is 15.0. The number of H-pyrrole nitrogens is 1. The molecule has 23 heavy (non-hydrogen) atoms. The first-order valence-electron chi connectivity index (χ1n) is 6.71. The summed E-state index contributed by atoms with van der Waals surface area (Å²) in [5.41, 5.74) is 0.454. The lowest BCUT2D eigenvalue weighted by Crippen LogP contribution is -2.14. The highest BCUT2D eigenvalue weighted by atomic mass is 32.1. The second-order valence-corrected chi connectivity index (χ2v) is 5.53. The zero-order valence-electron chi connectivity index (χ0n) is 12.1. The number of thiazole rings is 1. The molecule has 2 heterocycles. The number of esters is 1. The topological polar surface area (TPSA) is 81.3 Å². The molecular weight excluding hydrogens is 316 g/mol. The molecule has 0 saturated heterocycles. The Morgan fingerprint density at radius 1 is 1.17 bits per heavy atom. The van der Waals surface area contributed by atoms with Gasteiger partial charge in [0.15, 0.2) is 0 Å². The third kappa shape index (κ3) is 3.83. The fourth-order valence-corrected chi connectivity index (χ4v) is 2.41. The maximum absolute atomic E-state index is 12.0. The molecule has 0 aliphatic rings. The lowest BCUT2D eigenvalue weighted by atomic mass is 10.2. The van der Waals surface area contributed by atoms with Crippen LogP contribution in [0, 0.1) is 6.92 Å². The van der Waals surface area contributed by atoms with E-state index < -0.39 is 5.97 Å². The summed E-state index contributed by atoms with van der Waals surface area (Å²) in [6.07, 6.45) is 1.65. The number of pyridine rings is 1. The van der Waals surface area contributed by atoms with Crippen molar-refractivity contribution in [2.24, 2.45) is 0 Å². The van der Waals surface area contributed by atoms with Crippen LogP contribution in [0.4, 0.5) is 0 Å². The molecule has 0 spiro atoms. The van der Waals surface area contributed by atoms with E-state index in [4.69, 9.17) is 9.47 Å². The first-order chi connectivity index (χ1) is 11.1. The van der Waals surface area contributed by atoms with E-state index >= 15 is 0 Å². The van der Waals surface area contributed by atoms with Gasteiger partial charge in [-0.2, -0.15) is 0 Å². The van der Waals surface area contributed by atoms with Gasteiger partial charge in [-0.3, -0.25) is 4.79 Å². The zero-order valence-corrected chi connectivity index (χ0v) is 12.9. The Kier molecular flexibility index (Phi) is 4.20. The number of rotatable bonds is 4. The van der Waals surface area contributed by atoms with Gasteiger partial charge in [-0.15, -0.1) is 0 Å². The molecule has 0 aliphatic heterocycles. The quantitative estimate of drug-likeness (QED) is 0.588. The number of carbonyl (C=O) groups is 1. The fraction of sp³-hybridized carbons (Fsp3) is 0.0625. The SMILES string of the molecule is Cc1cc(C(=O)Oc2ccc(Oc3nccs3)cc2)cc(=O)[nH]1. The number of nitrogens with one attached hydrogen (secondary N) is 1. The summed E-state index contributed by atoms with van der Waals surface area (Å²) in [4.78, 5) is 30.0. The van der Waals surface area contributed by atoms with E-state index in [9.17, 15) is 9.59 Å². The normalized spacial score (nSPS) is 10.3. The van der Waals surface area contributed by atoms with Crippen molar-refractivity contribution in [3.05, 3.63) is 69.6 Å². The van der Waals surface area contributed by atoms with Crippen molar-refractivity contribution in [2.45, 2.75) is 6.92 Å². The minimum absolute atomic E-state index is 0.203. The Balaban J connectivity index is 1.70.